The molecule has 2 aliphatic rings. The van der Waals surface area contributed by atoms with E-state index < -0.39 is 6.43 Å². The van der Waals surface area contributed by atoms with Crippen LogP contribution in [-0.2, 0) is 0 Å². The van der Waals surface area contributed by atoms with Crippen LogP contribution in [0.15, 0.2) is 24.5 Å². The third-order valence-electron chi connectivity index (χ3n) is 6.40. The predicted molar refractivity (Wildman–Crippen MR) is 108 cm³/mol. The summed E-state index contributed by atoms with van der Waals surface area (Å²) in [5, 5.41) is 4.20. The molecule has 0 unspecified atom stereocenters. The van der Waals surface area contributed by atoms with Crippen molar-refractivity contribution >= 4 is 11.7 Å². The Labute approximate surface area is 182 Å². The van der Waals surface area contributed by atoms with Crippen LogP contribution < -0.4 is 9.47 Å². The molecule has 3 aromatic heterocycles. The third kappa shape index (κ3) is 3.32. The Morgan fingerprint density at radius 2 is 1.78 bits per heavy atom. The zero-order valence-electron chi connectivity index (χ0n) is 17.6. The number of aromatic nitrogens is 5. The normalized spacial score (nSPS) is 22.5. The molecule has 9 nitrogen and oxygen atoms in total. The molecule has 2 fully saturated rings. The summed E-state index contributed by atoms with van der Waals surface area (Å²) in [4.78, 5) is 27.5. The average molecular weight is 444 g/mol. The molecule has 2 bridgehead atoms. The fraction of sp³-hybridized carbons (Fsp3) is 0.476. The van der Waals surface area contributed by atoms with Crippen LogP contribution in [0.3, 0.4) is 0 Å². The summed E-state index contributed by atoms with van der Waals surface area (Å²) in [7, 11) is 2.95. The van der Waals surface area contributed by atoms with Crippen LogP contribution in [0.4, 0.5) is 8.78 Å². The van der Waals surface area contributed by atoms with E-state index in [1.165, 1.54) is 31.1 Å². The summed E-state index contributed by atoms with van der Waals surface area (Å²) in [5.74, 6) is 0.397. The van der Waals surface area contributed by atoms with Gasteiger partial charge in [-0.2, -0.15) is 15.1 Å². The van der Waals surface area contributed by atoms with Crippen LogP contribution in [0, 0.1) is 0 Å². The van der Waals surface area contributed by atoms with E-state index in [4.69, 9.17) is 9.47 Å². The molecule has 0 saturated carbocycles. The van der Waals surface area contributed by atoms with Crippen LogP contribution in [0.2, 0.25) is 0 Å². The summed E-state index contributed by atoms with van der Waals surface area (Å²) >= 11 is 0. The lowest BCUT2D eigenvalue weighted by molar-refractivity contribution is 0.0552. The van der Waals surface area contributed by atoms with E-state index in [0.29, 0.717) is 11.3 Å². The second-order valence-corrected chi connectivity index (χ2v) is 8.01. The molecule has 2 saturated heterocycles. The van der Waals surface area contributed by atoms with Gasteiger partial charge in [0.2, 0.25) is 11.8 Å². The Morgan fingerprint density at radius 1 is 1.06 bits per heavy atom. The number of hydrogen-bond donors (Lipinski definition) is 0. The number of ether oxygens (including phenoxy) is 2. The monoisotopic (exact) mass is 444 g/mol. The summed E-state index contributed by atoms with van der Waals surface area (Å²) < 4.78 is 38.9. The second kappa shape index (κ2) is 7.95. The van der Waals surface area contributed by atoms with Gasteiger partial charge >= 0.3 is 0 Å². The number of rotatable bonds is 5. The van der Waals surface area contributed by atoms with Gasteiger partial charge in [0.05, 0.1) is 25.5 Å². The van der Waals surface area contributed by atoms with Gasteiger partial charge in [0, 0.05) is 30.1 Å². The molecule has 1 amide bonds. The molecule has 2 aliphatic heterocycles. The molecule has 0 aromatic carbocycles. The number of carbonyl (C=O) groups is 1. The Morgan fingerprint density at radius 3 is 2.47 bits per heavy atom. The number of piperidine rings is 1. The summed E-state index contributed by atoms with van der Waals surface area (Å²) in [6, 6.07) is 4.52. The highest BCUT2D eigenvalue weighted by atomic mass is 19.3. The topological polar surface area (TPSA) is 94.7 Å². The van der Waals surface area contributed by atoms with Crippen LogP contribution in [0.25, 0.3) is 5.78 Å². The largest absolute Gasteiger partial charge is 0.481 e. The lowest BCUT2D eigenvalue weighted by Gasteiger charge is -2.40. The first kappa shape index (κ1) is 20.5. The van der Waals surface area contributed by atoms with Crippen molar-refractivity contribution in [1.82, 2.24) is 29.5 Å². The summed E-state index contributed by atoms with van der Waals surface area (Å²) in [5.41, 5.74) is 0.693. The number of carbonyl (C=O) groups excluding carboxylic acids is 1. The molecule has 11 heteroatoms. The molecule has 5 heterocycles. The number of pyridine rings is 1. The fourth-order valence-corrected chi connectivity index (χ4v) is 5.01. The molecule has 3 aromatic rings. The minimum Gasteiger partial charge on any atom is -0.481 e. The molecular formula is C21H22F2N6O3. The number of methoxy groups -OCH3 is 2. The minimum atomic E-state index is -2.72. The Bertz CT molecular complexity index is 1150. The maximum Gasteiger partial charge on any atom is 0.280 e. The van der Waals surface area contributed by atoms with Gasteiger partial charge in [0.15, 0.2) is 0 Å². The van der Waals surface area contributed by atoms with Crippen LogP contribution in [0.1, 0.15) is 59.8 Å². The molecule has 0 N–H and O–H groups in total. The molecule has 32 heavy (non-hydrogen) atoms. The van der Waals surface area contributed by atoms with E-state index in [1.54, 1.807) is 12.1 Å². The Balaban J connectivity index is 1.54. The first-order valence-electron chi connectivity index (χ1n) is 10.4. The van der Waals surface area contributed by atoms with E-state index in [-0.39, 0.29) is 47.1 Å². The summed E-state index contributed by atoms with van der Waals surface area (Å²) in [6.07, 6.45) is 1.77. The van der Waals surface area contributed by atoms with Crippen molar-refractivity contribution in [2.24, 2.45) is 0 Å². The van der Waals surface area contributed by atoms with Crippen molar-refractivity contribution in [2.75, 3.05) is 14.2 Å². The average Bonchev–Trinajstić information content (AvgIpc) is 3.40. The smallest absolute Gasteiger partial charge is 0.280 e. The molecule has 168 valence electrons. The van der Waals surface area contributed by atoms with Gasteiger partial charge in [-0.1, -0.05) is 0 Å². The van der Waals surface area contributed by atoms with Gasteiger partial charge in [0.1, 0.15) is 12.0 Å². The number of hydrogen-bond acceptors (Lipinski definition) is 7. The zero-order chi connectivity index (χ0) is 22.4. The number of fused-ring (bicyclic) bond motifs is 3. The van der Waals surface area contributed by atoms with E-state index in [9.17, 15) is 13.6 Å². The lowest BCUT2D eigenvalue weighted by atomic mass is 9.86. The maximum atomic E-state index is 13.6. The molecule has 0 radical (unpaired) electrons. The highest BCUT2D eigenvalue weighted by Crippen LogP contribution is 2.45. The Kier molecular flexibility index (Phi) is 5.10. The Hall–Kier alpha value is -3.37. The van der Waals surface area contributed by atoms with Crippen LogP contribution in [-0.4, -0.2) is 61.7 Å². The zero-order valence-corrected chi connectivity index (χ0v) is 17.6. The van der Waals surface area contributed by atoms with Crippen molar-refractivity contribution < 1.29 is 23.0 Å². The highest BCUT2D eigenvalue weighted by Gasteiger charge is 2.46. The van der Waals surface area contributed by atoms with Crippen LogP contribution in [0.5, 0.6) is 11.8 Å². The van der Waals surface area contributed by atoms with Gasteiger partial charge in [0.25, 0.3) is 18.1 Å². The molecular weight excluding hydrogens is 422 g/mol. The van der Waals surface area contributed by atoms with Crippen molar-refractivity contribution in [2.45, 2.75) is 50.1 Å². The van der Waals surface area contributed by atoms with E-state index in [0.717, 1.165) is 25.7 Å². The van der Waals surface area contributed by atoms with Crippen molar-refractivity contribution in [3.8, 4) is 11.8 Å². The molecule has 0 spiro atoms. The van der Waals surface area contributed by atoms with Crippen molar-refractivity contribution in [3.05, 3.63) is 41.5 Å². The fourth-order valence-electron chi connectivity index (χ4n) is 5.01. The van der Waals surface area contributed by atoms with Crippen molar-refractivity contribution in [1.29, 1.82) is 0 Å². The van der Waals surface area contributed by atoms with E-state index in [1.807, 2.05) is 4.90 Å². The standard InChI is InChI=1S/C21H22F2N6O3/c1-31-17-7-11(8-18(27-17)32-2)20(30)28-12-3-5-13(15(28)6-4-12)16-9-14(19(22)23)26-21-24-10-25-29(16)21/h7-10,12-13,15,19H,3-6H2,1-2H3/t12-,13-,15-/m0/s1. The molecule has 5 rings (SSSR count). The van der Waals surface area contributed by atoms with Gasteiger partial charge in [-0.15, -0.1) is 0 Å². The molecule has 0 aliphatic carbocycles. The second-order valence-electron chi connectivity index (χ2n) is 8.01. The maximum absolute atomic E-state index is 13.6. The SMILES string of the molecule is COc1cc(C(=O)N2[C@H]3CC[C@H](c4cc(C(F)F)nc5ncnn45)[C@@H]2CC3)cc(OC)n1. The van der Waals surface area contributed by atoms with Gasteiger partial charge in [-0.25, -0.2) is 18.3 Å². The quantitative estimate of drug-likeness (QED) is 0.597. The predicted octanol–water partition coefficient (Wildman–Crippen LogP) is 3.02. The highest BCUT2D eigenvalue weighted by molar-refractivity contribution is 5.95. The van der Waals surface area contributed by atoms with E-state index in [2.05, 4.69) is 20.1 Å². The number of nitrogens with zero attached hydrogens (tertiary/aromatic N) is 6. The van der Waals surface area contributed by atoms with Gasteiger partial charge in [-0.05, 0) is 31.7 Å². The summed E-state index contributed by atoms with van der Waals surface area (Å²) in [6.45, 7) is 0. The number of halogens is 2. The number of amides is 1. The van der Waals surface area contributed by atoms with Crippen LogP contribution >= 0.6 is 0 Å². The van der Waals surface area contributed by atoms with Gasteiger partial charge in [-0.3, -0.25) is 4.79 Å². The van der Waals surface area contributed by atoms with E-state index >= 15 is 0 Å². The third-order valence-corrected chi connectivity index (χ3v) is 6.40. The molecule has 3 atom stereocenters. The first-order valence-corrected chi connectivity index (χ1v) is 10.4. The van der Waals surface area contributed by atoms with Crippen molar-refractivity contribution in [3.63, 3.8) is 0 Å². The minimum absolute atomic E-state index is 0.0940. The number of alkyl halides is 2. The van der Waals surface area contributed by atoms with Gasteiger partial charge < -0.3 is 14.4 Å². The lowest BCUT2D eigenvalue weighted by Crippen LogP contribution is -2.47. The first-order chi connectivity index (χ1) is 15.5.